The molecule has 1 aromatic heterocycles. The van der Waals surface area contributed by atoms with Gasteiger partial charge in [-0.2, -0.15) is 0 Å². The first-order valence-electron chi connectivity index (χ1n) is 9.69. The van der Waals surface area contributed by atoms with Crippen molar-refractivity contribution >= 4 is 38.6 Å². The van der Waals surface area contributed by atoms with Crippen LogP contribution < -0.4 is 4.74 Å². The summed E-state index contributed by atoms with van der Waals surface area (Å²) in [6.45, 7) is 2.55. The monoisotopic (exact) mass is 470 g/mol. The van der Waals surface area contributed by atoms with E-state index in [2.05, 4.69) is 20.9 Å². The normalized spacial score (nSPS) is 10.6. The highest BCUT2D eigenvalue weighted by Crippen LogP contribution is 2.24. The van der Waals surface area contributed by atoms with Crippen LogP contribution in [0, 0.1) is 0 Å². The smallest absolute Gasteiger partial charge is 0.307 e. The number of ether oxygens (including phenoxy) is 2. The largest absolute Gasteiger partial charge is 0.484 e. The van der Waals surface area contributed by atoms with Crippen molar-refractivity contribution in [2.45, 2.75) is 19.9 Å². The number of nitrogens with zero attached hydrogens (tertiary/aromatic N) is 2. The van der Waals surface area contributed by atoms with Crippen molar-refractivity contribution in [2.24, 2.45) is 0 Å². The maximum atomic E-state index is 12.8. The quantitative estimate of drug-likeness (QED) is 0.434. The van der Waals surface area contributed by atoms with Crippen LogP contribution in [-0.2, 0) is 20.9 Å². The molecule has 0 saturated heterocycles. The SMILES string of the molecule is CCOC(=O)CCN(Cc1cccnc1)C(=O)COc1ccc2cc(Br)ccc2c1. The Morgan fingerprint density at radius 2 is 1.90 bits per heavy atom. The summed E-state index contributed by atoms with van der Waals surface area (Å²) in [5.74, 6) is 0.0760. The van der Waals surface area contributed by atoms with E-state index in [1.54, 1.807) is 24.2 Å². The average molecular weight is 471 g/mol. The number of hydrogen-bond acceptors (Lipinski definition) is 5. The molecule has 0 aliphatic heterocycles. The van der Waals surface area contributed by atoms with Gasteiger partial charge in [0.2, 0.25) is 0 Å². The molecule has 0 radical (unpaired) electrons. The molecule has 0 fully saturated rings. The number of carbonyl (C=O) groups excluding carboxylic acids is 2. The number of esters is 1. The van der Waals surface area contributed by atoms with Gasteiger partial charge >= 0.3 is 5.97 Å². The molecule has 0 bridgehead atoms. The number of aromatic nitrogens is 1. The zero-order valence-electron chi connectivity index (χ0n) is 16.7. The molecule has 3 rings (SSSR count). The first-order valence-corrected chi connectivity index (χ1v) is 10.5. The summed E-state index contributed by atoms with van der Waals surface area (Å²) < 4.78 is 11.7. The van der Waals surface area contributed by atoms with Gasteiger partial charge in [0.25, 0.3) is 5.91 Å². The van der Waals surface area contributed by atoms with Gasteiger partial charge in [0.1, 0.15) is 5.75 Å². The van der Waals surface area contributed by atoms with Gasteiger partial charge < -0.3 is 14.4 Å². The van der Waals surface area contributed by atoms with Crippen LogP contribution in [0.5, 0.6) is 5.75 Å². The van der Waals surface area contributed by atoms with Crippen molar-refractivity contribution in [3.63, 3.8) is 0 Å². The van der Waals surface area contributed by atoms with Crippen LogP contribution in [0.15, 0.2) is 65.4 Å². The molecule has 6 nitrogen and oxygen atoms in total. The first-order chi connectivity index (χ1) is 14.5. The van der Waals surface area contributed by atoms with Gasteiger partial charge in [0.05, 0.1) is 13.0 Å². The van der Waals surface area contributed by atoms with Crippen LogP contribution >= 0.6 is 15.9 Å². The third-order valence-electron chi connectivity index (χ3n) is 4.48. The van der Waals surface area contributed by atoms with Gasteiger partial charge in [-0.15, -0.1) is 0 Å². The first kappa shape index (κ1) is 21.8. The second-order valence-electron chi connectivity index (χ2n) is 6.67. The molecule has 3 aromatic rings. The molecule has 2 aromatic carbocycles. The van der Waals surface area contributed by atoms with E-state index in [-0.39, 0.29) is 31.4 Å². The Bertz CT molecular complexity index is 1010. The third kappa shape index (κ3) is 6.29. The van der Waals surface area contributed by atoms with Crippen molar-refractivity contribution < 1.29 is 19.1 Å². The Labute approximate surface area is 183 Å². The van der Waals surface area contributed by atoms with E-state index < -0.39 is 0 Å². The van der Waals surface area contributed by atoms with Crippen molar-refractivity contribution in [1.29, 1.82) is 0 Å². The fraction of sp³-hybridized carbons (Fsp3) is 0.261. The molecule has 0 spiro atoms. The number of hydrogen-bond donors (Lipinski definition) is 0. The van der Waals surface area contributed by atoms with Crippen LogP contribution in [0.2, 0.25) is 0 Å². The minimum absolute atomic E-state index is 0.120. The molecular formula is C23H23BrN2O4. The molecular weight excluding hydrogens is 448 g/mol. The fourth-order valence-corrected chi connectivity index (χ4v) is 3.36. The molecule has 0 atom stereocenters. The standard InChI is InChI=1S/C23H23BrN2O4/c1-2-29-23(28)9-11-26(15-17-4-3-10-25-14-17)22(27)16-30-21-8-6-18-12-20(24)7-5-19(18)13-21/h3-8,10,12-14H,2,9,11,15-16H2,1H3. The van der Waals surface area contributed by atoms with E-state index in [0.717, 1.165) is 20.8 Å². The minimum Gasteiger partial charge on any atom is -0.484 e. The lowest BCUT2D eigenvalue weighted by Gasteiger charge is -2.22. The Balaban J connectivity index is 1.65. The van der Waals surface area contributed by atoms with E-state index in [1.807, 2.05) is 48.5 Å². The van der Waals surface area contributed by atoms with Gasteiger partial charge in [-0.3, -0.25) is 14.6 Å². The summed E-state index contributed by atoms with van der Waals surface area (Å²) in [7, 11) is 0. The summed E-state index contributed by atoms with van der Waals surface area (Å²) in [6.07, 6.45) is 3.51. The molecule has 0 aliphatic rings. The van der Waals surface area contributed by atoms with Crippen LogP contribution in [0.4, 0.5) is 0 Å². The highest BCUT2D eigenvalue weighted by molar-refractivity contribution is 9.10. The van der Waals surface area contributed by atoms with Gasteiger partial charge in [-0.1, -0.05) is 34.1 Å². The molecule has 1 amide bonds. The number of carbonyl (C=O) groups is 2. The molecule has 7 heteroatoms. The molecule has 30 heavy (non-hydrogen) atoms. The van der Waals surface area contributed by atoms with Crippen molar-refractivity contribution in [1.82, 2.24) is 9.88 Å². The fourth-order valence-electron chi connectivity index (χ4n) is 2.98. The Hall–Kier alpha value is -2.93. The number of amides is 1. The molecule has 0 N–H and O–H groups in total. The Kier molecular flexibility index (Phi) is 7.79. The van der Waals surface area contributed by atoms with Crippen LogP contribution in [0.3, 0.4) is 0 Å². The van der Waals surface area contributed by atoms with Crippen LogP contribution in [0.25, 0.3) is 10.8 Å². The zero-order valence-corrected chi connectivity index (χ0v) is 18.3. The van der Waals surface area contributed by atoms with Gasteiger partial charge in [-0.05, 0) is 53.6 Å². The van der Waals surface area contributed by atoms with Gasteiger partial charge in [0.15, 0.2) is 6.61 Å². The maximum absolute atomic E-state index is 12.8. The van der Waals surface area contributed by atoms with Crippen molar-refractivity contribution in [3.05, 3.63) is 71.0 Å². The number of benzene rings is 2. The topological polar surface area (TPSA) is 68.7 Å². The number of halogens is 1. The number of rotatable bonds is 9. The predicted octanol–water partition coefficient (Wildman–Crippen LogP) is 4.36. The lowest BCUT2D eigenvalue weighted by atomic mass is 10.1. The molecule has 0 unspecified atom stereocenters. The summed E-state index contributed by atoms with van der Waals surface area (Å²) in [5.41, 5.74) is 0.881. The van der Waals surface area contributed by atoms with Crippen molar-refractivity contribution in [3.8, 4) is 5.75 Å². The van der Waals surface area contributed by atoms with Crippen LogP contribution in [-0.4, -0.2) is 41.5 Å². The molecule has 0 aliphatic carbocycles. The molecule has 0 saturated carbocycles. The second kappa shape index (κ2) is 10.7. The van der Waals surface area contributed by atoms with Gasteiger partial charge in [0, 0.05) is 30.0 Å². The lowest BCUT2D eigenvalue weighted by molar-refractivity contribution is -0.144. The zero-order chi connectivity index (χ0) is 21.3. The molecule has 156 valence electrons. The minimum atomic E-state index is -0.330. The summed E-state index contributed by atoms with van der Waals surface area (Å²) in [5, 5.41) is 2.10. The second-order valence-corrected chi connectivity index (χ2v) is 7.59. The van der Waals surface area contributed by atoms with E-state index in [0.29, 0.717) is 18.9 Å². The average Bonchev–Trinajstić information content (AvgIpc) is 2.75. The van der Waals surface area contributed by atoms with E-state index in [1.165, 1.54) is 0 Å². The molecule has 1 heterocycles. The number of fused-ring (bicyclic) bond motifs is 1. The Morgan fingerprint density at radius 3 is 2.67 bits per heavy atom. The summed E-state index contributed by atoms with van der Waals surface area (Å²) in [6, 6.07) is 15.4. The van der Waals surface area contributed by atoms with Crippen molar-refractivity contribution in [2.75, 3.05) is 19.8 Å². The highest BCUT2D eigenvalue weighted by Gasteiger charge is 2.17. The van der Waals surface area contributed by atoms with E-state index >= 15 is 0 Å². The lowest BCUT2D eigenvalue weighted by Crippen LogP contribution is -2.36. The number of pyridine rings is 1. The third-order valence-corrected chi connectivity index (χ3v) is 4.97. The maximum Gasteiger partial charge on any atom is 0.307 e. The predicted molar refractivity (Wildman–Crippen MR) is 118 cm³/mol. The van der Waals surface area contributed by atoms with Crippen LogP contribution in [0.1, 0.15) is 18.9 Å². The summed E-state index contributed by atoms with van der Waals surface area (Å²) >= 11 is 3.46. The highest BCUT2D eigenvalue weighted by atomic mass is 79.9. The summed E-state index contributed by atoms with van der Waals surface area (Å²) in [4.78, 5) is 30.2. The Morgan fingerprint density at radius 1 is 1.10 bits per heavy atom. The van der Waals surface area contributed by atoms with E-state index in [4.69, 9.17) is 9.47 Å². The van der Waals surface area contributed by atoms with Gasteiger partial charge in [-0.25, -0.2) is 0 Å². The van der Waals surface area contributed by atoms with E-state index in [9.17, 15) is 9.59 Å².